The maximum Gasteiger partial charge on any atom is 0.434 e. The summed E-state index contributed by atoms with van der Waals surface area (Å²) in [7, 11) is 0. The van der Waals surface area contributed by atoms with Crippen LogP contribution >= 0.6 is 11.6 Å². The van der Waals surface area contributed by atoms with Crippen LogP contribution in [-0.4, -0.2) is 80.9 Å². The van der Waals surface area contributed by atoms with E-state index >= 15 is 0 Å². The van der Waals surface area contributed by atoms with Gasteiger partial charge in [0.1, 0.15) is 0 Å². The number of carbonyl (C=O) groups is 2. The van der Waals surface area contributed by atoms with E-state index in [9.17, 15) is 19.8 Å². The Morgan fingerprint density at radius 3 is 2.20 bits per heavy atom. The van der Waals surface area contributed by atoms with Crippen LogP contribution < -0.4 is 4.84 Å². The molecule has 2 aliphatic heterocycles. The average Bonchev–Trinajstić information content (AvgIpc) is 3.00. The molecule has 0 unspecified atom stereocenters. The van der Waals surface area contributed by atoms with Gasteiger partial charge in [0.2, 0.25) is 11.8 Å². The lowest BCUT2D eigenvalue weighted by Crippen LogP contribution is -2.50. The van der Waals surface area contributed by atoms with Gasteiger partial charge in [0.15, 0.2) is 0 Å². The number of halogens is 1. The van der Waals surface area contributed by atoms with Gasteiger partial charge in [0, 0.05) is 68.5 Å². The summed E-state index contributed by atoms with van der Waals surface area (Å²) in [5.74, 6) is -0.712. The Morgan fingerprint density at radius 2 is 1.60 bits per heavy atom. The molecule has 2 amide bonds. The molecular weight excluding hydrogens is 412 g/mol. The second kappa shape index (κ2) is 8.45. The normalized spacial score (nSPS) is 17.0. The van der Waals surface area contributed by atoms with E-state index in [-0.39, 0.29) is 17.7 Å². The second-order valence-electron chi connectivity index (χ2n) is 7.41. The summed E-state index contributed by atoms with van der Waals surface area (Å²) in [6, 6.07) is 7.85. The quantitative estimate of drug-likeness (QED) is 0.761. The number of aromatic hydroxyl groups is 2. The number of piperazine rings is 1. The SMILES string of the molecule is O=C(On1c(O)ccc1O)N1CCN(Cc2ccc(Cl)cc2C(=O)N2CCC2)CC1. The molecule has 0 atom stereocenters. The summed E-state index contributed by atoms with van der Waals surface area (Å²) in [5.41, 5.74) is 1.54. The van der Waals surface area contributed by atoms with Gasteiger partial charge in [-0.25, -0.2) is 4.79 Å². The molecule has 160 valence electrons. The van der Waals surface area contributed by atoms with Crippen LogP contribution in [0.3, 0.4) is 0 Å². The molecule has 2 saturated heterocycles. The minimum atomic E-state index is -0.656. The fourth-order valence-corrected chi connectivity index (χ4v) is 3.71. The number of amides is 2. The van der Waals surface area contributed by atoms with Crippen molar-refractivity contribution in [3.63, 3.8) is 0 Å². The molecule has 10 heteroatoms. The first kappa shape index (κ1) is 20.4. The summed E-state index contributed by atoms with van der Waals surface area (Å²) >= 11 is 6.12. The van der Waals surface area contributed by atoms with E-state index in [4.69, 9.17) is 16.4 Å². The highest BCUT2D eigenvalue weighted by molar-refractivity contribution is 6.31. The van der Waals surface area contributed by atoms with E-state index in [2.05, 4.69) is 4.90 Å². The summed E-state index contributed by atoms with van der Waals surface area (Å²) in [5, 5.41) is 19.7. The molecule has 0 aliphatic carbocycles. The van der Waals surface area contributed by atoms with Gasteiger partial charge in [-0.05, 0) is 24.1 Å². The molecule has 30 heavy (non-hydrogen) atoms. The van der Waals surface area contributed by atoms with E-state index in [1.165, 1.54) is 17.0 Å². The van der Waals surface area contributed by atoms with Crippen molar-refractivity contribution in [2.45, 2.75) is 13.0 Å². The molecule has 2 fully saturated rings. The number of nitrogens with zero attached hydrogens (tertiary/aromatic N) is 4. The second-order valence-corrected chi connectivity index (χ2v) is 7.85. The van der Waals surface area contributed by atoms with Gasteiger partial charge in [0.05, 0.1) is 0 Å². The van der Waals surface area contributed by atoms with Crippen LogP contribution in [0, 0.1) is 0 Å². The molecule has 1 aromatic carbocycles. The molecule has 0 spiro atoms. The minimum absolute atomic E-state index is 0.00676. The van der Waals surface area contributed by atoms with Crippen molar-refractivity contribution in [3.8, 4) is 11.8 Å². The Morgan fingerprint density at radius 1 is 0.933 bits per heavy atom. The zero-order valence-electron chi connectivity index (χ0n) is 16.3. The fraction of sp³-hybridized carbons (Fsp3) is 0.400. The van der Waals surface area contributed by atoms with E-state index in [0.29, 0.717) is 48.0 Å². The third-order valence-electron chi connectivity index (χ3n) is 5.44. The van der Waals surface area contributed by atoms with Crippen LogP contribution in [0.5, 0.6) is 11.8 Å². The molecule has 0 bridgehead atoms. The van der Waals surface area contributed by atoms with Crippen molar-refractivity contribution in [1.82, 2.24) is 19.4 Å². The zero-order chi connectivity index (χ0) is 21.3. The lowest BCUT2D eigenvalue weighted by atomic mass is 10.0. The van der Waals surface area contributed by atoms with Gasteiger partial charge in [0.25, 0.3) is 5.91 Å². The Bertz CT molecular complexity index is 931. The monoisotopic (exact) mass is 434 g/mol. The van der Waals surface area contributed by atoms with Gasteiger partial charge in [-0.15, -0.1) is 4.73 Å². The standard InChI is InChI=1S/C20H23ClN4O5/c21-15-3-2-14(16(12-15)19(28)23-6-1-7-23)13-22-8-10-24(11-9-22)20(29)30-25-17(26)4-5-18(25)27/h2-5,12,26-27H,1,6-11,13H2. The maximum absolute atomic E-state index is 12.7. The third kappa shape index (κ3) is 4.17. The van der Waals surface area contributed by atoms with E-state index in [1.807, 2.05) is 11.0 Å². The Kier molecular flexibility index (Phi) is 5.74. The Balaban J connectivity index is 1.36. The predicted octanol–water partition coefficient (Wildman–Crippen LogP) is 1.77. The first-order valence-corrected chi connectivity index (χ1v) is 10.2. The van der Waals surface area contributed by atoms with Crippen molar-refractivity contribution in [2.24, 2.45) is 0 Å². The summed E-state index contributed by atoms with van der Waals surface area (Å²) in [6.45, 7) is 4.16. The maximum atomic E-state index is 12.7. The molecule has 1 aromatic heterocycles. The van der Waals surface area contributed by atoms with Gasteiger partial charge < -0.3 is 24.9 Å². The molecule has 4 rings (SSSR count). The molecule has 2 aliphatic rings. The van der Waals surface area contributed by atoms with Crippen molar-refractivity contribution < 1.29 is 24.6 Å². The third-order valence-corrected chi connectivity index (χ3v) is 5.67. The largest absolute Gasteiger partial charge is 0.492 e. The number of likely N-dealkylation sites (tertiary alicyclic amines) is 1. The van der Waals surface area contributed by atoms with Gasteiger partial charge >= 0.3 is 6.09 Å². The highest BCUT2D eigenvalue weighted by Gasteiger charge is 2.27. The number of hydrogen-bond acceptors (Lipinski definition) is 6. The van der Waals surface area contributed by atoms with Crippen LogP contribution in [0.1, 0.15) is 22.3 Å². The molecule has 3 heterocycles. The van der Waals surface area contributed by atoms with E-state index in [0.717, 1.165) is 25.1 Å². The van der Waals surface area contributed by atoms with Crippen molar-refractivity contribution in [1.29, 1.82) is 0 Å². The first-order chi connectivity index (χ1) is 14.4. The van der Waals surface area contributed by atoms with Crippen LogP contribution in [0.2, 0.25) is 5.02 Å². The zero-order valence-corrected chi connectivity index (χ0v) is 17.1. The predicted molar refractivity (Wildman–Crippen MR) is 109 cm³/mol. The van der Waals surface area contributed by atoms with Crippen molar-refractivity contribution >= 4 is 23.6 Å². The van der Waals surface area contributed by atoms with Crippen molar-refractivity contribution in [3.05, 3.63) is 46.5 Å². The number of hydrogen-bond donors (Lipinski definition) is 2. The fourth-order valence-electron chi connectivity index (χ4n) is 3.54. The average molecular weight is 435 g/mol. The lowest BCUT2D eigenvalue weighted by Gasteiger charge is -2.35. The number of aromatic nitrogens is 1. The van der Waals surface area contributed by atoms with Crippen LogP contribution in [0.25, 0.3) is 0 Å². The minimum Gasteiger partial charge on any atom is -0.492 e. The van der Waals surface area contributed by atoms with Crippen LogP contribution in [0.4, 0.5) is 4.79 Å². The molecule has 0 saturated carbocycles. The Hall–Kier alpha value is -2.91. The number of carbonyl (C=O) groups excluding carboxylic acids is 2. The highest BCUT2D eigenvalue weighted by atomic mass is 35.5. The van der Waals surface area contributed by atoms with E-state index < -0.39 is 6.09 Å². The summed E-state index contributed by atoms with van der Waals surface area (Å²) < 4.78 is 0.677. The summed E-state index contributed by atoms with van der Waals surface area (Å²) in [4.78, 5) is 35.5. The highest BCUT2D eigenvalue weighted by Crippen LogP contribution is 2.23. The molecule has 2 N–H and O–H groups in total. The van der Waals surface area contributed by atoms with E-state index in [1.54, 1.807) is 12.1 Å². The van der Waals surface area contributed by atoms with Crippen LogP contribution in [0.15, 0.2) is 30.3 Å². The number of rotatable bonds is 4. The molecule has 0 radical (unpaired) electrons. The molecule has 9 nitrogen and oxygen atoms in total. The first-order valence-electron chi connectivity index (χ1n) is 9.79. The van der Waals surface area contributed by atoms with Crippen molar-refractivity contribution in [2.75, 3.05) is 39.3 Å². The summed E-state index contributed by atoms with van der Waals surface area (Å²) in [6.07, 6.45) is 0.370. The van der Waals surface area contributed by atoms with Gasteiger partial charge in [-0.2, -0.15) is 0 Å². The smallest absolute Gasteiger partial charge is 0.434 e. The van der Waals surface area contributed by atoms with Gasteiger partial charge in [-0.3, -0.25) is 9.69 Å². The molecular formula is C20H23ClN4O5. The van der Waals surface area contributed by atoms with Crippen LogP contribution in [-0.2, 0) is 6.54 Å². The lowest BCUT2D eigenvalue weighted by molar-refractivity contribution is 0.0553. The Labute approximate surface area is 178 Å². The number of benzene rings is 1. The molecule has 2 aromatic rings. The topological polar surface area (TPSA) is 98.5 Å². The van der Waals surface area contributed by atoms with Gasteiger partial charge in [-0.1, -0.05) is 17.7 Å².